The van der Waals surface area contributed by atoms with E-state index in [4.69, 9.17) is 10.5 Å². The monoisotopic (exact) mass is 323 g/mol. The standard InChI is InChI=1S/C13H14BrN3O2/c1-3-19-13(18)10-7-16-17(12(10)15)11-5-4-9(14)6-8(11)2/h4-7H,3,15H2,1-2H3. The average molecular weight is 324 g/mol. The van der Waals surface area contributed by atoms with Gasteiger partial charge in [0.05, 0.1) is 18.5 Å². The van der Waals surface area contributed by atoms with Crippen molar-refractivity contribution >= 4 is 27.7 Å². The number of benzene rings is 1. The first-order valence-corrected chi connectivity index (χ1v) is 6.61. The zero-order valence-corrected chi connectivity index (χ0v) is 12.3. The Morgan fingerprint density at radius 3 is 2.89 bits per heavy atom. The molecule has 0 aliphatic carbocycles. The van der Waals surface area contributed by atoms with Crippen LogP contribution in [0.2, 0.25) is 0 Å². The number of nitrogen functional groups attached to an aromatic ring is 1. The molecule has 0 unspecified atom stereocenters. The summed E-state index contributed by atoms with van der Waals surface area (Å²) < 4.78 is 7.44. The zero-order chi connectivity index (χ0) is 14.0. The van der Waals surface area contributed by atoms with Crippen LogP contribution in [0.1, 0.15) is 22.8 Å². The van der Waals surface area contributed by atoms with Crippen LogP contribution in [0.25, 0.3) is 5.69 Å². The number of rotatable bonds is 3. The molecule has 2 N–H and O–H groups in total. The van der Waals surface area contributed by atoms with E-state index in [2.05, 4.69) is 21.0 Å². The van der Waals surface area contributed by atoms with Gasteiger partial charge in [-0.15, -0.1) is 0 Å². The summed E-state index contributed by atoms with van der Waals surface area (Å²) in [6.45, 7) is 4.00. The van der Waals surface area contributed by atoms with Gasteiger partial charge in [-0.3, -0.25) is 0 Å². The van der Waals surface area contributed by atoms with Gasteiger partial charge in [-0.2, -0.15) is 5.10 Å². The summed E-state index contributed by atoms with van der Waals surface area (Å²) in [5, 5.41) is 4.16. The van der Waals surface area contributed by atoms with Gasteiger partial charge in [-0.25, -0.2) is 9.48 Å². The molecule has 100 valence electrons. The Labute approximate surface area is 119 Å². The molecule has 0 saturated carbocycles. The van der Waals surface area contributed by atoms with Crippen molar-refractivity contribution in [1.29, 1.82) is 0 Å². The van der Waals surface area contributed by atoms with E-state index in [0.717, 1.165) is 15.7 Å². The van der Waals surface area contributed by atoms with E-state index in [1.165, 1.54) is 10.9 Å². The molecule has 0 amide bonds. The Morgan fingerprint density at radius 2 is 2.26 bits per heavy atom. The summed E-state index contributed by atoms with van der Waals surface area (Å²) >= 11 is 3.40. The maximum atomic E-state index is 11.7. The lowest BCUT2D eigenvalue weighted by molar-refractivity contribution is 0.0527. The fourth-order valence-corrected chi connectivity index (χ4v) is 2.25. The van der Waals surface area contributed by atoms with Crippen LogP contribution in [0.15, 0.2) is 28.9 Å². The number of nitrogens with zero attached hydrogens (tertiary/aromatic N) is 2. The number of carbonyl (C=O) groups is 1. The summed E-state index contributed by atoms with van der Waals surface area (Å²) in [7, 11) is 0. The minimum atomic E-state index is -0.457. The highest BCUT2D eigenvalue weighted by Gasteiger charge is 2.17. The Kier molecular flexibility index (Phi) is 3.90. The van der Waals surface area contributed by atoms with Crippen molar-refractivity contribution in [2.75, 3.05) is 12.3 Å². The molecule has 1 aromatic heterocycles. The normalized spacial score (nSPS) is 10.5. The van der Waals surface area contributed by atoms with Crippen molar-refractivity contribution < 1.29 is 9.53 Å². The number of hydrogen-bond donors (Lipinski definition) is 1. The molecule has 0 atom stereocenters. The molecule has 0 radical (unpaired) electrons. The summed E-state index contributed by atoms with van der Waals surface area (Å²) in [5.74, 6) is -0.176. The van der Waals surface area contributed by atoms with Gasteiger partial charge in [-0.1, -0.05) is 15.9 Å². The van der Waals surface area contributed by atoms with Crippen LogP contribution in [0.3, 0.4) is 0 Å². The van der Waals surface area contributed by atoms with Crippen LogP contribution in [0.4, 0.5) is 5.82 Å². The van der Waals surface area contributed by atoms with E-state index in [1.807, 2.05) is 25.1 Å². The minimum Gasteiger partial charge on any atom is -0.462 e. The highest BCUT2D eigenvalue weighted by atomic mass is 79.9. The van der Waals surface area contributed by atoms with Crippen molar-refractivity contribution in [2.24, 2.45) is 0 Å². The first-order valence-electron chi connectivity index (χ1n) is 5.81. The van der Waals surface area contributed by atoms with E-state index in [9.17, 15) is 4.79 Å². The molecular weight excluding hydrogens is 310 g/mol. The number of carbonyl (C=O) groups excluding carboxylic acids is 1. The van der Waals surface area contributed by atoms with Gasteiger partial charge < -0.3 is 10.5 Å². The lowest BCUT2D eigenvalue weighted by atomic mass is 10.2. The van der Waals surface area contributed by atoms with Crippen LogP contribution < -0.4 is 5.73 Å². The van der Waals surface area contributed by atoms with Crippen molar-refractivity contribution in [3.05, 3.63) is 40.0 Å². The Hall–Kier alpha value is -1.82. The lowest BCUT2D eigenvalue weighted by Gasteiger charge is -2.08. The quantitative estimate of drug-likeness (QED) is 0.881. The fourth-order valence-electron chi connectivity index (χ4n) is 1.77. The second-order valence-electron chi connectivity index (χ2n) is 4.01. The summed E-state index contributed by atoms with van der Waals surface area (Å²) in [4.78, 5) is 11.7. The summed E-state index contributed by atoms with van der Waals surface area (Å²) in [5.41, 5.74) is 8.07. The number of ether oxygens (including phenoxy) is 1. The van der Waals surface area contributed by atoms with Gasteiger partial charge in [-0.05, 0) is 37.6 Å². The van der Waals surface area contributed by atoms with Gasteiger partial charge in [0.15, 0.2) is 0 Å². The number of nitrogens with two attached hydrogens (primary N) is 1. The summed E-state index contributed by atoms with van der Waals surface area (Å²) in [6, 6.07) is 5.74. The topological polar surface area (TPSA) is 70.1 Å². The van der Waals surface area contributed by atoms with Crippen molar-refractivity contribution in [2.45, 2.75) is 13.8 Å². The SMILES string of the molecule is CCOC(=O)c1cnn(-c2ccc(Br)cc2C)c1N. The average Bonchev–Trinajstić information content (AvgIpc) is 2.72. The molecule has 19 heavy (non-hydrogen) atoms. The van der Waals surface area contributed by atoms with Crippen LogP contribution >= 0.6 is 15.9 Å². The van der Waals surface area contributed by atoms with Crippen LogP contribution in [-0.4, -0.2) is 22.4 Å². The molecule has 0 spiro atoms. The largest absolute Gasteiger partial charge is 0.462 e. The predicted octanol–water partition coefficient (Wildman–Crippen LogP) is 2.70. The first-order chi connectivity index (χ1) is 9.04. The molecule has 0 aliphatic heterocycles. The number of hydrogen-bond acceptors (Lipinski definition) is 4. The van der Waals surface area contributed by atoms with Gasteiger partial charge in [0.1, 0.15) is 11.4 Å². The first kappa shape index (κ1) is 13.6. The fraction of sp³-hybridized carbons (Fsp3) is 0.231. The van der Waals surface area contributed by atoms with Gasteiger partial charge in [0.25, 0.3) is 0 Å². The smallest absolute Gasteiger partial charge is 0.343 e. The van der Waals surface area contributed by atoms with Gasteiger partial charge in [0, 0.05) is 4.47 Å². The van der Waals surface area contributed by atoms with Crippen LogP contribution in [0, 0.1) is 6.92 Å². The molecule has 0 bridgehead atoms. The third-order valence-corrected chi connectivity index (χ3v) is 3.18. The number of esters is 1. The highest BCUT2D eigenvalue weighted by Crippen LogP contribution is 2.23. The van der Waals surface area contributed by atoms with Crippen molar-refractivity contribution in [3.63, 3.8) is 0 Å². The van der Waals surface area contributed by atoms with Gasteiger partial charge >= 0.3 is 5.97 Å². The third kappa shape index (κ3) is 2.63. The predicted molar refractivity (Wildman–Crippen MR) is 76.4 cm³/mol. The number of aryl methyl sites for hydroxylation is 1. The van der Waals surface area contributed by atoms with Gasteiger partial charge in [0.2, 0.25) is 0 Å². The second kappa shape index (κ2) is 5.44. The number of aromatic nitrogens is 2. The Balaban J connectivity index is 2.44. The van der Waals surface area contributed by atoms with E-state index >= 15 is 0 Å². The van der Waals surface area contributed by atoms with Crippen LogP contribution in [0.5, 0.6) is 0 Å². The molecule has 0 aliphatic rings. The van der Waals surface area contributed by atoms with E-state index in [-0.39, 0.29) is 11.4 Å². The molecule has 6 heteroatoms. The zero-order valence-electron chi connectivity index (χ0n) is 10.7. The Bertz CT molecular complexity index is 622. The maximum absolute atomic E-state index is 11.7. The molecule has 0 fully saturated rings. The molecule has 0 saturated heterocycles. The van der Waals surface area contributed by atoms with E-state index in [1.54, 1.807) is 6.92 Å². The molecular formula is C13H14BrN3O2. The minimum absolute atomic E-state index is 0.281. The molecule has 2 rings (SSSR count). The number of halogens is 1. The third-order valence-electron chi connectivity index (χ3n) is 2.69. The summed E-state index contributed by atoms with van der Waals surface area (Å²) in [6.07, 6.45) is 1.43. The molecule has 1 heterocycles. The molecule has 5 nitrogen and oxygen atoms in total. The van der Waals surface area contributed by atoms with Crippen molar-refractivity contribution in [1.82, 2.24) is 9.78 Å². The van der Waals surface area contributed by atoms with Crippen LogP contribution in [-0.2, 0) is 4.74 Å². The number of anilines is 1. The Morgan fingerprint density at radius 1 is 1.53 bits per heavy atom. The van der Waals surface area contributed by atoms with Crippen molar-refractivity contribution in [3.8, 4) is 5.69 Å². The van der Waals surface area contributed by atoms with E-state index in [0.29, 0.717) is 6.61 Å². The lowest BCUT2D eigenvalue weighted by Crippen LogP contribution is -2.09. The van der Waals surface area contributed by atoms with E-state index < -0.39 is 5.97 Å². The maximum Gasteiger partial charge on any atom is 0.343 e. The second-order valence-corrected chi connectivity index (χ2v) is 4.92. The molecule has 2 aromatic rings. The highest BCUT2D eigenvalue weighted by molar-refractivity contribution is 9.10. The molecule has 1 aromatic carbocycles.